The van der Waals surface area contributed by atoms with Crippen molar-refractivity contribution in [2.45, 2.75) is 31.2 Å². The number of halogens is 3. The molecule has 0 heterocycles. The van der Waals surface area contributed by atoms with Gasteiger partial charge in [0.15, 0.2) is 11.6 Å². The molecule has 0 aliphatic carbocycles. The molecular weight excluding hydrogens is 296 g/mol. The average molecular weight is 312 g/mol. The molecule has 1 N–H and O–H groups in total. The first-order valence-electron chi connectivity index (χ1n) is 5.79. The topological polar surface area (TPSA) is 46.2 Å². The zero-order valence-corrected chi connectivity index (χ0v) is 12.2. The summed E-state index contributed by atoms with van der Waals surface area (Å²) < 4.78 is 52.2. The summed E-state index contributed by atoms with van der Waals surface area (Å²) in [5, 5.41) is 0. The lowest BCUT2D eigenvalue weighted by Gasteiger charge is -2.18. The van der Waals surface area contributed by atoms with Gasteiger partial charge in [-0.15, -0.1) is 11.6 Å². The highest BCUT2D eigenvalue weighted by Gasteiger charge is 2.21. The highest BCUT2D eigenvalue weighted by molar-refractivity contribution is 7.89. The Kier molecular flexibility index (Phi) is 5.70. The molecule has 3 nitrogen and oxygen atoms in total. The van der Waals surface area contributed by atoms with Crippen LogP contribution in [0, 0.1) is 17.6 Å². The van der Waals surface area contributed by atoms with Crippen LogP contribution in [-0.2, 0) is 10.0 Å². The zero-order chi connectivity index (χ0) is 14.6. The van der Waals surface area contributed by atoms with Crippen LogP contribution in [0.25, 0.3) is 0 Å². The molecule has 108 valence electrons. The number of benzene rings is 1. The van der Waals surface area contributed by atoms with E-state index in [0.717, 1.165) is 12.1 Å². The molecule has 1 atom stereocenters. The number of alkyl halides is 1. The van der Waals surface area contributed by atoms with Crippen LogP contribution in [-0.4, -0.2) is 20.3 Å². The zero-order valence-electron chi connectivity index (χ0n) is 10.7. The third kappa shape index (κ3) is 4.71. The van der Waals surface area contributed by atoms with Gasteiger partial charge < -0.3 is 0 Å². The van der Waals surface area contributed by atoms with Gasteiger partial charge in [0.05, 0.1) is 4.90 Å². The molecule has 0 amide bonds. The van der Waals surface area contributed by atoms with E-state index in [2.05, 4.69) is 4.72 Å². The van der Waals surface area contributed by atoms with Crippen molar-refractivity contribution < 1.29 is 17.2 Å². The minimum Gasteiger partial charge on any atom is -0.207 e. The predicted octanol–water partition coefficient (Wildman–Crippen LogP) is 2.90. The molecule has 0 aliphatic rings. The first-order chi connectivity index (χ1) is 8.76. The summed E-state index contributed by atoms with van der Waals surface area (Å²) in [4.78, 5) is -0.315. The van der Waals surface area contributed by atoms with Gasteiger partial charge in [0.25, 0.3) is 0 Å². The molecule has 0 aromatic heterocycles. The fourth-order valence-electron chi connectivity index (χ4n) is 1.64. The Bertz CT molecular complexity index is 535. The normalized spacial score (nSPS) is 13.8. The smallest absolute Gasteiger partial charge is 0.207 e. The minimum absolute atomic E-state index is 0.112. The van der Waals surface area contributed by atoms with E-state index < -0.39 is 27.7 Å². The maximum Gasteiger partial charge on any atom is 0.240 e. The summed E-state index contributed by atoms with van der Waals surface area (Å²) >= 11 is 5.70. The number of hydrogen-bond donors (Lipinski definition) is 1. The third-order valence-corrected chi connectivity index (χ3v) is 4.36. The summed E-state index contributed by atoms with van der Waals surface area (Å²) in [7, 11) is -3.90. The summed E-state index contributed by atoms with van der Waals surface area (Å²) in [6, 6.07) is 2.00. The van der Waals surface area contributed by atoms with E-state index in [1.54, 1.807) is 0 Å². The van der Waals surface area contributed by atoms with Crippen molar-refractivity contribution in [2.24, 2.45) is 5.92 Å². The molecule has 19 heavy (non-hydrogen) atoms. The molecule has 1 aromatic rings. The molecule has 0 bridgehead atoms. The van der Waals surface area contributed by atoms with Crippen molar-refractivity contribution in [3.05, 3.63) is 29.8 Å². The molecule has 0 radical (unpaired) electrons. The fourth-order valence-corrected chi connectivity index (χ4v) is 3.20. The second kappa shape index (κ2) is 6.63. The van der Waals surface area contributed by atoms with Crippen LogP contribution in [0.5, 0.6) is 0 Å². The van der Waals surface area contributed by atoms with Crippen LogP contribution < -0.4 is 4.72 Å². The van der Waals surface area contributed by atoms with Gasteiger partial charge in [-0.1, -0.05) is 13.8 Å². The molecule has 1 aromatic carbocycles. The van der Waals surface area contributed by atoms with E-state index in [-0.39, 0.29) is 16.7 Å². The van der Waals surface area contributed by atoms with Crippen LogP contribution in [0.1, 0.15) is 20.3 Å². The Balaban J connectivity index is 2.93. The largest absolute Gasteiger partial charge is 0.240 e. The first-order valence-corrected chi connectivity index (χ1v) is 7.81. The summed E-state index contributed by atoms with van der Waals surface area (Å²) in [5.41, 5.74) is 0. The Morgan fingerprint density at radius 2 is 1.89 bits per heavy atom. The molecule has 7 heteroatoms. The lowest BCUT2D eigenvalue weighted by atomic mass is 10.1. The second-order valence-corrected chi connectivity index (χ2v) is 6.70. The molecule has 0 fully saturated rings. The highest BCUT2D eigenvalue weighted by Crippen LogP contribution is 2.16. The summed E-state index contributed by atoms with van der Waals surface area (Å²) in [5.74, 6) is -1.92. The maximum atomic E-state index is 13.0. The monoisotopic (exact) mass is 311 g/mol. The Morgan fingerprint density at radius 3 is 2.37 bits per heavy atom. The third-order valence-electron chi connectivity index (χ3n) is 2.47. The average Bonchev–Trinajstić information content (AvgIpc) is 2.30. The molecule has 0 aliphatic heterocycles. The summed E-state index contributed by atoms with van der Waals surface area (Å²) in [6.07, 6.45) is 0.562. The van der Waals surface area contributed by atoms with Gasteiger partial charge >= 0.3 is 0 Å². The van der Waals surface area contributed by atoms with Gasteiger partial charge in [-0.2, -0.15) is 0 Å². The van der Waals surface area contributed by atoms with Gasteiger partial charge in [-0.05, 0) is 30.5 Å². The van der Waals surface area contributed by atoms with Crippen LogP contribution in [0.15, 0.2) is 23.1 Å². The molecule has 0 spiro atoms. The summed E-state index contributed by atoms with van der Waals surface area (Å²) in [6.45, 7) is 3.87. The number of sulfonamides is 1. The van der Waals surface area contributed by atoms with Gasteiger partial charge in [0.1, 0.15) is 0 Å². The van der Waals surface area contributed by atoms with E-state index in [9.17, 15) is 17.2 Å². The van der Waals surface area contributed by atoms with Crippen LogP contribution >= 0.6 is 11.6 Å². The van der Waals surface area contributed by atoms with Gasteiger partial charge in [-0.3, -0.25) is 0 Å². The number of rotatable bonds is 6. The Labute approximate surface area is 117 Å². The molecular formula is C12H16ClF2NO2S. The van der Waals surface area contributed by atoms with E-state index in [1.165, 1.54) is 0 Å². The standard InChI is InChI=1S/C12H16ClF2NO2S/c1-8(2)5-9(7-13)16-19(17,18)10-3-4-11(14)12(15)6-10/h3-4,6,8-9,16H,5,7H2,1-2H3. The van der Waals surface area contributed by atoms with E-state index in [1.807, 2.05) is 13.8 Å². The van der Waals surface area contributed by atoms with Crippen LogP contribution in [0.2, 0.25) is 0 Å². The van der Waals surface area contributed by atoms with Crippen molar-refractivity contribution in [1.82, 2.24) is 4.72 Å². The quantitative estimate of drug-likeness (QED) is 0.821. The van der Waals surface area contributed by atoms with Crippen LogP contribution in [0.3, 0.4) is 0 Å². The molecule has 1 unspecified atom stereocenters. The lowest BCUT2D eigenvalue weighted by molar-refractivity contribution is 0.483. The molecule has 1 rings (SSSR count). The maximum absolute atomic E-state index is 13.0. The van der Waals surface area contributed by atoms with Crippen molar-refractivity contribution in [3.63, 3.8) is 0 Å². The van der Waals surface area contributed by atoms with Gasteiger partial charge in [0, 0.05) is 11.9 Å². The number of nitrogens with one attached hydrogen (secondary N) is 1. The van der Waals surface area contributed by atoms with E-state index in [0.29, 0.717) is 12.5 Å². The van der Waals surface area contributed by atoms with Crippen molar-refractivity contribution in [3.8, 4) is 0 Å². The minimum atomic E-state index is -3.90. The first kappa shape index (κ1) is 16.3. The molecule has 0 saturated carbocycles. The fraction of sp³-hybridized carbons (Fsp3) is 0.500. The van der Waals surface area contributed by atoms with E-state index in [4.69, 9.17) is 11.6 Å². The van der Waals surface area contributed by atoms with Crippen molar-refractivity contribution >= 4 is 21.6 Å². The van der Waals surface area contributed by atoms with Gasteiger partial charge in [-0.25, -0.2) is 21.9 Å². The van der Waals surface area contributed by atoms with Crippen molar-refractivity contribution in [2.75, 3.05) is 5.88 Å². The Morgan fingerprint density at radius 1 is 1.26 bits per heavy atom. The number of hydrogen-bond acceptors (Lipinski definition) is 2. The lowest BCUT2D eigenvalue weighted by Crippen LogP contribution is -2.37. The highest BCUT2D eigenvalue weighted by atomic mass is 35.5. The van der Waals surface area contributed by atoms with E-state index >= 15 is 0 Å². The molecule has 0 saturated heterocycles. The van der Waals surface area contributed by atoms with Crippen LogP contribution in [0.4, 0.5) is 8.78 Å². The predicted molar refractivity (Wildman–Crippen MR) is 70.6 cm³/mol. The SMILES string of the molecule is CC(C)CC(CCl)NS(=O)(=O)c1ccc(F)c(F)c1. The van der Waals surface area contributed by atoms with Crippen molar-refractivity contribution in [1.29, 1.82) is 0 Å². The Hall–Kier alpha value is -0.720. The second-order valence-electron chi connectivity index (χ2n) is 4.68. The van der Waals surface area contributed by atoms with Gasteiger partial charge in [0.2, 0.25) is 10.0 Å².